The largest absolute Gasteiger partial charge is 0.497 e. The van der Waals surface area contributed by atoms with Crippen molar-refractivity contribution in [3.63, 3.8) is 0 Å². The van der Waals surface area contributed by atoms with Gasteiger partial charge in [-0.2, -0.15) is 0 Å². The highest BCUT2D eigenvalue weighted by Crippen LogP contribution is 2.29. The van der Waals surface area contributed by atoms with Crippen molar-refractivity contribution in [1.82, 2.24) is 9.80 Å². The van der Waals surface area contributed by atoms with Crippen molar-refractivity contribution in [2.75, 3.05) is 40.8 Å². The van der Waals surface area contributed by atoms with Gasteiger partial charge in [-0.05, 0) is 70.7 Å². The summed E-state index contributed by atoms with van der Waals surface area (Å²) < 4.78 is 5.25. The standard InChI is InChI=1S/C16H26N2O/c1-17(2)13-10-16(18-11-4-5-12-18)14-6-8-15(19-3)9-7-14/h6-9,16H,4-5,10-13H2,1-3H3. The van der Waals surface area contributed by atoms with Gasteiger partial charge in [0.25, 0.3) is 0 Å². The summed E-state index contributed by atoms with van der Waals surface area (Å²) >= 11 is 0. The Hall–Kier alpha value is -1.06. The monoisotopic (exact) mass is 262 g/mol. The van der Waals surface area contributed by atoms with Crippen LogP contribution in [0.5, 0.6) is 5.75 Å². The molecule has 1 heterocycles. The van der Waals surface area contributed by atoms with Crippen LogP contribution < -0.4 is 4.74 Å². The van der Waals surface area contributed by atoms with E-state index in [1.165, 1.54) is 37.9 Å². The quantitative estimate of drug-likeness (QED) is 0.784. The Morgan fingerprint density at radius 1 is 1.16 bits per heavy atom. The van der Waals surface area contributed by atoms with Gasteiger partial charge in [0.1, 0.15) is 5.75 Å². The van der Waals surface area contributed by atoms with Gasteiger partial charge < -0.3 is 9.64 Å². The molecule has 1 aliphatic heterocycles. The summed E-state index contributed by atoms with van der Waals surface area (Å²) in [5.41, 5.74) is 1.42. The molecule has 1 aliphatic rings. The highest BCUT2D eigenvalue weighted by Gasteiger charge is 2.23. The Bertz CT molecular complexity index is 369. The van der Waals surface area contributed by atoms with E-state index in [0.29, 0.717) is 6.04 Å². The van der Waals surface area contributed by atoms with Gasteiger partial charge in [-0.15, -0.1) is 0 Å². The third kappa shape index (κ3) is 3.95. The molecule has 0 spiro atoms. The number of hydrogen-bond acceptors (Lipinski definition) is 3. The van der Waals surface area contributed by atoms with Crippen LogP contribution in [0.2, 0.25) is 0 Å². The highest BCUT2D eigenvalue weighted by molar-refractivity contribution is 5.29. The zero-order valence-electron chi connectivity index (χ0n) is 12.4. The molecular formula is C16H26N2O. The van der Waals surface area contributed by atoms with E-state index in [9.17, 15) is 0 Å². The Labute approximate surface area is 117 Å². The van der Waals surface area contributed by atoms with E-state index in [0.717, 1.165) is 12.3 Å². The molecule has 1 fully saturated rings. The van der Waals surface area contributed by atoms with Gasteiger partial charge in [0, 0.05) is 6.04 Å². The Morgan fingerprint density at radius 2 is 1.79 bits per heavy atom. The second kappa shape index (κ2) is 6.92. The predicted octanol–water partition coefficient (Wildman–Crippen LogP) is 2.78. The van der Waals surface area contributed by atoms with Crippen LogP contribution in [-0.2, 0) is 0 Å². The number of nitrogens with zero attached hydrogens (tertiary/aromatic N) is 2. The number of rotatable bonds is 6. The molecule has 106 valence electrons. The fourth-order valence-corrected chi connectivity index (χ4v) is 2.82. The van der Waals surface area contributed by atoms with Crippen LogP contribution in [0.1, 0.15) is 30.9 Å². The molecule has 1 unspecified atom stereocenters. The fourth-order valence-electron chi connectivity index (χ4n) is 2.82. The molecule has 0 N–H and O–H groups in total. The normalized spacial score (nSPS) is 17.9. The van der Waals surface area contributed by atoms with E-state index in [-0.39, 0.29) is 0 Å². The average Bonchev–Trinajstić information content (AvgIpc) is 2.93. The molecule has 0 aliphatic carbocycles. The SMILES string of the molecule is COc1ccc(C(CCN(C)C)N2CCCC2)cc1. The molecule has 1 saturated heterocycles. The van der Waals surface area contributed by atoms with Crippen molar-refractivity contribution in [1.29, 1.82) is 0 Å². The van der Waals surface area contributed by atoms with Crippen LogP contribution >= 0.6 is 0 Å². The van der Waals surface area contributed by atoms with Gasteiger partial charge in [-0.1, -0.05) is 12.1 Å². The van der Waals surface area contributed by atoms with E-state index >= 15 is 0 Å². The molecule has 0 radical (unpaired) electrons. The first-order valence-corrected chi connectivity index (χ1v) is 7.23. The number of ether oxygens (including phenoxy) is 1. The van der Waals surface area contributed by atoms with Gasteiger partial charge in [0.2, 0.25) is 0 Å². The maximum Gasteiger partial charge on any atom is 0.118 e. The van der Waals surface area contributed by atoms with Gasteiger partial charge in [0.05, 0.1) is 7.11 Å². The molecule has 0 bridgehead atoms. The molecule has 3 heteroatoms. The minimum absolute atomic E-state index is 0.552. The lowest BCUT2D eigenvalue weighted by Crippen LogP contribution is -2.28. The molecule has 19 heavy (non-hydrogen) atoms. The Morgan fingerprint density at radius 3 is 2.32 bits per heavy atom. The van der Waals surface area contributed by atoms with Crippen LogP contribution in [0.15, 0.2) is 24.3 Å². The van der Waals surface area contributed by atoms with Crippen molar-refractivity contribution in [2.24, 2.45) is 0 Å². The van der Waals surface area contributed by atoms with E-state index < -0.39 is 0 Å². The van der Waals surface area contributed by atoms with Gasteiger partial charge in [0.15, 0.2) is 0 Å². The first kappa shape index (κ1) is 14.4. The molecule has 2 rings (SSSR count). The van der Waals surface area contributed by atoms with Crippen LogP contribution in [-0.4, -0.2) is 50.6 Å². The number of benzene rings is 1. The maximum absolute atomic E-state index is 5.25. The molecule has 0 amide bonds. The molecule has 0 saturated carbocycles. The lowest BCUT2D eigenvalue weighted by Gasteiger charge is -2.29. The van der Waals surface area contributed by atoms with E-state index in [1.54, 1.807) is 7.11 Å². The second-order valence-electron chi connectivity index (χ2n) is 5.62. The minimum atomic E-state index is 0.552. The van der Waals surface area contributed by atoms with Crippen LogP contribution in [0.3, 0.4) is 0 Å². The topological polar surface area (TPSA) is 15.7 Å². The van der Waals surface area contributed by atoms with Gasteiger partial charge in [-0.3, -0.25) is 4.90 Å². The van der Waals surface area contributed by atoms with Crippen molar-refractivity contribution < 1.29 is 4.74 Å². The highest BCUT2D eigenvalue weighted by atomic mass is 16.5. The summed E-state index contributed by atoms with van der Waals surface area (Å²) in [5, 5.41) is 0. The summed E-state index contributed by atoms with van der Waals surface area (Å²) in [6.45, 7) is 3.61. The van der Waals surface area contributed by atoms with Crippen LogP contribution in [0, 0.1) is 0 Å². The van der Waals surface area contributed by atoms with E-state index in [4.69, 9.17) is 4.74 Å². The van der Waals surface area contributed by atoms with E-state index in [2.05, 4.69) is 48.2 Å². The fraction of sp³-hybridized carbons (Fsp3) is 0.625. The molecule has 0 aromatic heterocycles. The van der Waals surface area contributed by atoms with Gasteiger partial charge >= 0.3 is 0 Å². The summed E-state index contributed by atoms with van der Waals surface area (Å²) in [6.07, 6.45) is 3.88. The molecule has 3 nitrogen and oxygen atoms in total. The summed E-state index contributed by atoms with van der Waals surface area (Å²) in [6, 6.07) is 9.15. The maximum atomic E-state index is 5.25. The average molecular weight is 262 g/mol. The minimum Gasteiger partial charge on any atom is -0.497 e. The lowest BCUT2D eigenvalue weighted by atomic mass is 10.0. The third-order valence-electron chi connectivity index (χ3n) is 3.93. The lowest BCUT2D eigenvalue weighted by molar-refractivity contribution is 0.215. The molecule has 1 aromatic rings. The summed E-state index contributed by atoms with van der Waals surface area (Å²) in [7, 11) is 6.02. The number of likely N-dealkylation sites (tertiary alicyclic amines) is 1. The first-order valence-electron chi connectivity index (χ1n) is 7.23. The molecule has 1 aromatic carbocycles. The summed E-state index contributed by atoms with van der Waals surface area (Å²) in [4.78, 5) is 4.90. The number of hydrogen-bond donors (Lipinski definition) is 0. The second-order valence-corrected chi connectivity index (χ2v) is 5.62. The summed E-state index contributed by atoms with van der Waals surface area (Å²) in [5.74, 6) is 0.941. The van der Waals surface area contributed by atoms with Crippen LogP contribution in [0.25, 0.3) is 0 Å². The molecule has 1 atom stereocenters. The zero-order valence-corrected chi connectivity index (χ0v) is 12.4. The van der Waals surface area contributed by atoms with Crippen molar-refractivity contribution in [2.45, 2.75) is 25.3 Å². The van der Waals surface area contributed by atoms with E-state index in [1.807, 2.05) is 0 Å². The van der Waals surface area contributed by atoms with Crippen LogP contribution in [0.4, 0.5) is 0 Å². The Kier molecular flexibility index (Phi) is 5.23. The zero-order chi connectivity index (χ0) is 13.7. The smallest absolute Gasteiger partial charge is 0.118 e. The van der Waals surface area contributed by atoms with Crippen molar-refractivity contribution in [3.8, 4) is 5.75 Å². The predicted molar refractivity (Wildman–Crippen MR) is 79.7 cm³/mol. The molecular weight excluding hydrogens is 236 g/mol. The van der Waals surface area contributed by atoms with Crippen molar-refractivity contribution >= 4 is 0 Å². The number of methoxy groups -OCH3 is 1. The van der Waals surface area contributed by atoms with Gasteiger partial charge in [-0.25, -0.2) is 0 Å². The van der Waals surface area contributed by atoms with Crippen molar-refractivity contribution in [3.05, 3.63) is 29.8 Å². The first-order chi connectivity index (χ1) is 9.20. The third-order valence-corrected chi connectivity index (χ3v) is 3.93. The Balaban J connectivity index is 2.09.